The van der Waals surface area contributed by atoms with Crippen molar-refractivity contribution in [2.24, 2.45) is 7.05 Å². The molecule has 0 saturated heterocycles. The SMILES string of the molecule is Cc1c(CCNS(=O)(=O)c2ccc(Cl)c(Cl)c2)c2ccccc2n1C. The first-order valence-electron chi connectivity index (χ1n) is 7.79. The molecular formula is C18H18Cl2N2O2S. The second-order valence-electron chi connectivity index (χ2n) is 5.86. The summed E-state index contributed by atoms with van der Waals surface area (Å²) in [6.45, 7) is 2.35. The normalized spacial score (nSPS) is 12.0. The van der Waals surface area contributed by atoms with E-state index in [9.17, 15) is 8.42 Å². The molecule has 0 spiro atoms. The minimum absolute atomic E-state index is 0.108. The summed E-state index contributed by atoms with van der Waals surface area (Å²) in [7, 11) is -1.61. The Morgan fingerprint density at radius 2 is 1.80 bits per heavy atom. The fourth-order valence-corrected chi connectivity index (χ4v) is 4.37. The van der Waals surface area contributed by atoms with Gasteiger partial charge in [0.25, 0.3) is 0 Å². The van der Waals surface area contributed by atoms with Crippen molar-refractivity contribution in [3.05, 3.63) is 63.8 Å². The van der Waals surface area contributed by atoms with Crippen LogP contribution < -0.4 is 4.72 Å². The largest absolute Gasteiger partial charge is 0.348 e. The van der Waals surface area contributed by atoms with E-state index in [0.717, 1.165) is 22.2 Å². The molecule has 3 aromatic rings. The number of para-hydroxylation sites is 1. The number of halogens is 2. The van der Waals surface area contributed by atoms with Crippen molar-refractivity contribution in [2.45, 2.75) is 18.2 Å². The summed E-state index contributed by atoms with van der Waals surface area (Å²) in [6.07, 6.45) is 0.605. The van der Waals surface area contributed by atoms with Crippen LogP contribution in [0.1, 0.15) is 11.3 Å². The zero-order chi connectivity index (χ0) is 18.2. The maximum Gasteiger partial charge on any atom is 0.240 e. The molecule has 1 aromatic heterocycles. The van der Waals surface area contributed by atoms with E-state index in [2.05, 4.69) is 21.4 Å². The average Bonchev–Trinajstić information content (AvgIpc) is 2.82. The molecule has 0 fully saturated rings. The summed E-state index contributed by atoms with van der Waals surface area (Å²) in [5.41, 5.74) is 3.42. The number of aromatic nitrogens is 1. The van der Waals surface area contributed by atoms with Crippen LogP contribution in [0.3, 0.4) is 0 Å². The molecule has 3 rings (SSSR count). The van der Waals surface area contributed by atoms with Crippen LogP contribution in [-0.4, -0.2) is 19.5 Å². The molecule has 2 aromatic carbocycles. The molecule has 0 aliphatic heterocycles. The minimum Gasteiger partial charge on any atom is -0.348 e. The molecule has 0 amide bonds. The highest BCUT2D eigenvalue weighted by Gasteiger charge is 2.16. The van der Waals surface area contributed by atoms with Crippen LogP contribution >= 0.6 is 23.2 Å². The summed E-state index contributed by atoms with van der Waals surface area (Å²) in [5, 5.41) is 1.69. The van der Waals surface area contributed by atoms with Crippen LogP contribution in [0.15, 0.2) is 47.4 Å². The van der Waals surface area contributed by atoms with Gasteiger partial charge >= 0.3 is 0 Å². The first kappa shape index (κ1) is 18.3. The summed E-state index contributed by atoms with van der Waals surface area (Å²) < 4.78 is 29.6. The van der Waals surface area contributed by atoms with Gasteiger partial charge < -0.3 is 4.57 Å². The Morgan fingerprint density at radius 3 is 2.52 bits per heavy atom. The molecule has 0 aliphatic rings. The van der Waals surface area contributed by atoms with Crippen molar-refractivity contribution in [1.82, 2.24) is 9.29 Å². The lowest BCUT2D eigenvalue weighted by molar-refractivity contribution is 0.581. The monoisotopic (exact) mass is 396 g/mol. The number of benzene rings is 2. The zero-order valence-corrected chi connectivity index (χ0v) is 16.2. The standard InChI is InChI=1S/C18H18Cl2N2O2S/c1-12-14(15-5-3-4-6-18(15)22(12)2)9-10-21-25(23,24)13-7-8-16(19)17(20)11-13/h3-8,11,21H,9-10H2,1-2H3. The van der Waals surface area contributed by atoms with Gasteiger partial charge in [0.15, 0.2) is 0 Å². The van der Waals surface area contributed by atoms with E-state index in [1.54, 1.807) is 0 Å². The third kappa shape index (κ3) is 3.55. The van der Waals surface area contributed by atoms with Crippen molar-refractivity contribution >= 4 is 44.1 Å². The fraction of sp³-hybridized carbons (Fsp3) is 0.222. The Labute approximate surface area is 157 Å². The van der Waals surface area contributed by atoms with Crippen molar-refractivity contribution in [2.75, 3.05) is 6.54 Å². The molecular weight excluding hydrogens is 379 g/mol. The predicted octanol–water partition coefficient (Wildman–Crippen LogP) is 4.31. The Bertz CT molecular complexity index is 1040. The number of rotatable bonds is 5. The first-order valence-corrected chi connectivity index (χ1v) is 10.0. The summed E-state index contributed by atoms with van der Waals surface area (Å²) in [4.78, 5) is 0.108. The van der Waals surface area contributed by atoms with E-state index in [0.29, 0.717) is 18.0 Å². The third-order valence-corrected chi connectivity index (χ3v) is 6.60. The Morgan fingerprint density at radius 1 is 1.08 bits per heavy atom. The van der Waals surface area contributed by atoms with Crippen LogP contribution in [0.25, 0.3) is 10.9 Å². The Kier molecular flexibility index (Phi) is 5.11. The molecule has 0 saturated carbocycles. The second-order valence-corrected chi connectivity index (χ2v) is 8.45. The predicted molar refractivity (Wildman–Crippen MR) is 103 cm³/mol. The van der Waals surface area contributed by atoms with Gasteiger partial charge in [0.05, 0.1) is 14.9 Å². The molecule has 0 radical (unpaired) electrons. The number of fused-ring (bicyclic) bond motifs is 1. The van der Waals surface area contributed by atoms with Crippen LogP contribution in [0.2, 0.25) is 10.0 Å². The second kappa shape index (κ2) is 7.00. The highest BCUT2D eigenvalue weighted by Crippen LogP contribution is 2.26. The van der Waals surface area contributed by atoms with E-state index < -0.39 is 10.0 Å². The van der Waals surface area contributed by atoms with Crippen molar-refractivity contribution in [3.8, 4) is 0 Å². The Hall–Kier alpha value is -1.53. The quantitative estimate of drug-likeness (QED) is 0.698. The third-order valence-electron chi connectivity index (χ3n) is 4.40. The summed E-state index contributed by atoms with van der Waals surface area (Å²) in [6, 6.07) is 12.4. The maximum absolute atomic E-state index is 12.4. The molecule has 0 bridgehead atoms. The minimum atomic E-state index is -3.63. The topological polar surface area (TPSA) is 51.1 Å². The highest BCUT2D eigenvalue weighted by atomic mass is 35.5. The van der Waals surface area contributed by atoms with Crippen molar-refractivity contribution in [3.63, 3.8) is 0 Å². The van der Waals surface area contributed by atoms with E-state index in [-0.39, 0.29) is 9.92 Å². The van der Waals surface area contributed by atoms with Gasteiger partial charge in [-0.15, -0.1) is 0 Å². The van der Waals surface area contributed by atoms with E-state index in [1.165, 1.54) is 18.2 Å². The number of sulfonamides is 1. The van der Waals surface area contributed by atoms with E-state index >= 15 is 0 Å². The molecule has 25 heavy (non-hydrogen) atoms. The number of nitrogens with zero attached hydrogens (tertiary/aromatic N) is 1. The van der Waals surface area contributed by atoms with Crippen molar-refractivity contribution < 1.29 is 8.42 Å². The highest BCUT2D eigenvalue weighted by molar-refractivity contribution is 7.89. The fourth-order valence-electron chi connectivity index (χ4n) is 2.95. The van der Waals surface area contributed by atoms with E-state index in [4.69, 9.17) is 23.2 Å². The molecule has 1 heterocycles. The average molecular weight is 397 g/mol. The number of hydrogen-bond acceptors (Lipinski definition) is 2. The molecule has 0 unspecified atom stereocenters. The van der Waals surface area contributed by atoms with Gasteiger partial charge in [-0.3, -0.25) is 0 Å². The lowest BCUT2D eigenvalue weighted by Crippen LogP contribution is -2.26. The van der Waals surface area contributed by atoms with E-state index in [1.807, 2.05) is 26.1 Å². The molecule has 0 atom stereocenters. The molecule has 132 valence electrons. The number of hydrogen-bond donors (Lipinski definition) is 1. The van der Waals surface area contributed by atoms with Crippen LogP contribution in [0.4, 0.5) is 0 Å². The van der Waals surface area contributed by atoms with Crippen molar-refractivity contribution in [1.29, 1.82) is 0 Å². The van der Waals surface area contributed by atoms with Gasteiger partial charge in [0.1, 0.15) is 0 Å². The van der Waals surface area contributed by atoms with Crippen LogP contribution in [0.5, 0.6) is 0 Å². The van der Waals surface area contributed by atoms with Gasteiger partial charge in [0, 0.05) is 30.2 Å². The van der Waals surface area contributed by atoms with Gasteiger partial charge in [-0.05, 0) is 43.2 Å². The van der Waals surface area contributed by atoms with Gasteiger partial charge in [0.2, 0.25) is 10.0 Å². The molecule has 0 aliphatic carbocycles. The molecule has 4 nitrogen and oxygen atoms in total. The van der Waals surface area contributed by atoms with Gasteiger partial charge in [-0.1, -0.05) is 41.4 Å². The van der Waals surface area contributed by atoms with Gasteiger partial charge in [-0.2, -0.15) is 0 Å². The molecule has 1 N–H and O–H groups in total. The summed E-state index contributed by atoms with van der Waals surface area (Å²) in [5.74, 6) is 0. The zero-order valence-electron chi connectivity index (χ0n) is 13.9. The smallest absolute Gasteiger partial charge is 0.240 e. The van der Waals surface area contributed by atoms with Gasteiger partial charge in [-0.25, -0.2) is 13.1 Å². The Balaban J connectivity index is 1.79. The summed E-state index contributed by atoms with van der Waals surface area (Å²) >= 11 is 11.8. The first-order chi connectivity index (χ1) is 11.8. The number of aryl methyl sites for hydroxylation is 1. The lowest BCUT2D eigenvalue weighted by atomic mass is 10.1. The van der Waals surface area contributed by atoms with Crippen LogP contribution in [0, 0.1) is 6.92 Å². The molecule has 7 heteroatoms. The lowest BCUT2D eigenvalue weighted by Gasteiger charge is -2.08. The van der Waals surface area contributed by atoms with Crippen LogP contribution in [-0.2, 0) is 23.5 Å². The maximum atomic E-state index is 12.4. The number of nitrogens with one attached hydrogen (secondary N) is 1.